The van der Waals surface area contributed by atoms with Crippen LogP contribution in [0.1, 0.15) is 39.2 Å². The summed E-state index contributed by atoms with van der Waals surface area (Å²) >= 11 is 0. The quantitative estimate of drug-likeness (QED) is 0.887. The molecular formula is C16H24N2O. The SMILES string of the molecule is CC(C)(N)C(=O)N1CCCC(C)(c2ccccc2)C1. The number of rotatable bonds is 2. The summed E-state index contributed by atoms with van der Waals surface area (Å²) in [6.07, 6.45) is 2.15. The highest BCUT2D eigenvalue weighted by Crippen LogP contribution is 2.34. The lowest BCUT2D eigenvalue weighted by Gasteiger charge is -2.42. The Morgan fingerprint density at radius 1 is 1.32 bits per heavy atom. The molecule has 2 N–H and O–H groups in total. The zero-order chi connectivity index (χ0) is 14.1. The predicted molar refractivity (Wildman–Crippen MR) is 77.9 cm³/mol. The summed E-state index contributed by atoms with van der Waals surface area (Å²) in [5, 5.41) is 0. The maximum atomic E-state index is 12.3. The van der Waals surface area contributed by atoms with Crippen LogP contribution in [-0.2, 0) is 10.2 Å². The van der Waals surface area contributed by atoms with Gasteiger partial charge in [0.05, 0.1) is 5.54 Å². The fourth-order valence-electron chi connectivity index (χ4n) is 2.90. The minimum atomic E-state index is -0.783. The Morgan fingerprint density at radius 2 is 1.95 bits per heavy atom. The molecule has 2 rings (SSSR count). The highest BCUT2D eigenvalue weighted by Gasteiger charge is 2.37. The van der Waals surface area contributed by atoms with Gasteiger partial charge < -0.3 is 10.6 Å². The van der Waals surface area contributed by atoms with E-state index >= 15 is 0 Å². The van der Waals surface area contributed by atoms with Gasteiger partial charge in [-0.05, 0) is 32.3 Å². The Labute approximate surface area is 115 Å². The molecule has 0 bridgehead atoms. The van der Waals surface area contributed by atoms with Gasteiger partial charge in [-0.25, -0.2) is 0 Å². The molecule has 1 fully saturated rings. The smallest absolute Gasteiger partial charge is 0.242 e. The number of hydrogen-bond acceptors (Lipinski definition) is 2. The van der Waals surface area contributed by atoms with E-state index in [0.29, 0.717) is 0 Å². The van der Waals surface area contributed by atoms with Gasteiger partial charge in [0.25, 0.3) is 0 Å². The second-order valence-electron chi connectivity index (χ2n) is 6.48. The molecule has 1 unspecified atom stereocenters. The molecule has 1 heterocycles. The van der Waals surface area contributed by atoms with Crippen molar-refractivity contribution in [2.75, 3.05) is 13.1 Å². The fraction of sp³-hybridized carbons (Fsp3) is 0.562. The number of nitrogens with zero attached hydrogens (tertiary/aromatic N) is 1. The van der Waals surface area contributed by atoms with Crippen molar-refractivity contribution < 1.29 is 4.79 Å². The first kappa shape index (κ1) is 14.1. The lowest BCUT2D eigenvalue weighted by atomic mass is 9.75. The van der Waals surface area contributed by atoms with Gasteiger partial charge in [0.1, 0.15) is 0 Å². The summed E-state index contributed by atoms with van der Waals surface area (Å²) in [4.78, 5) is 14.3. The molecule has 104 valence electrons. The van der Waals surface area contributed by atoms with Crippen LogP contribution >= 0.6 is 0 Å². The van der Waals surface area contributed by atoms with Crippen molar-refractivity contribution in [2.24, 2.45) is 5.73 Å². The summed E-state index contributed by atoms with van der Waals surface area (Å²) in [5.74, 6) is 0.0503. The molecule has 1 aromatic rings. The van der Waals surface area contributed by atoms with Crippen molar-refractivity contribution in [3.63, 3.8) is 0 Å². The summed E-state index contributed by atoms with van der Waals surface area (Å²) in [7, 11) is 0. The van der Waals surface area contributed by atoms with Crippen LogP contribution in [0, 0.1) is 0 Å². The largest absolute Gasteiger partial charge is 0.340 e. The Morgan fingerprint density at radius 3 is 2.53 bits per heavy atom. The summed E-state index contributed by atoms with van der Waals surface area (Å²) < 4.78 is 0. The third kappa shape index (κ3) is 2.98. The molecule has 1 aliphatic rings. The topological polar surface area (TPSA) is 46.3 Å². The van der Waals surface area contributed by atoms with Crippen LogP contribution in [0.2, 0.25) is 0 Å². The minimum Gasteiger partial charge on any atom is -0.340 e. The minimum absolute atomic E-state index is 0.0421. The molecule has 0 aromatic heterocycles. The van der Waals surface area contributed by atoms with Gasteiger partial charge in [0, 0.05) is 18.5 Å². The Balaban J connectivity index is 2.20. The van der Waals surface area contributed by atoms with E-state index in [4.69, 9.17) is 5.73 Å². The Bertz CT molecular complexity index is 450. The average molecular weight is 260 g/mol. The standard InChI is InChI=1S/C16H24N2O/c1-15(2,17)14(19)18-11-7-10-16(3,12-18)13-8-5-4-6-9-13/h4-6,8-9H,7,10-12,17H2,1-3H3. The number of benzene rings is 1. The van der Waals surface area contributed by atoms with Gasteiger partial charge in [-0.15, -0.1) is 0 Å². The van der Waals surface area contributed by atoms with Crippen molar-refractivity contribution in [3.8, 4) is 0 Å². The van der Waals surface area contributed by atoms with Crippen LogP contribution in [0.25, 0.3) is 0 Å². The number of amides is 1. The second kappa shape index (κ2) is 4.97. The predicted octanol–water partition coefficient (Wildman–Crippen LogP) is 2.30. The summed E-state index contributed by atoms with van der Waals surface area (Å²) in [6, 6.07) is 10.5. The Hall–Kier alpha value is -1.35. The maximum absolute atomic E-state index is 12.3. The van der Waals surface area contributed by atoms with Gasteiger partial charge in [-0.3, -0.25) is 4.79 Å². The van der Waals surface area contributed by atoms with E-state index in [0.717, 1.165) is 25.9 Å². The lowest BCUT2D eigenvalue weighted by molar-refractivity contribution is -0.138. The van der Waals surface area contributed by atoms with E-state index in [-0.39, 0.29) is 11.3 Å². The molecule has 0 radical (unpaired) electrons. The van der Waals surface area contributed by atoms with E-state index < -0.39 is 5.54 Å². The van der Waals surface area contributed by atoms with E-state index in [2.05, 4.69) is 31.2 Å². The van der Waals surface area contributed by atoms with Crippen LogP contribution in [0.3, 0.4) is 0 Å². The third-order valence-corrected chi connectivity index (χ3v) is 4.01. The van der Waals surface area contributed by atoms with Crippen LogP contribution in [0.4, 0.5) is 0 Å². The number of hydrogen-bond donors (Lipinski definition) is 1. The Kier molecular flexibility index (Phi) is 3.68. The first-order chi connectivity index (χ1) is 8.83. The fourth-order valence-corrected chi connectivity index (χ4v) is 2.90. The number of piperidine rings is 1. The monoisotopic (exact) mass is 260 g/mol. The molecule has 1 aromatic carbocycles. The van der Waals surface area contributed by atoms with E-state index in [1.165, 1.54) is 5.56 Å². The molecule has 1 aliphatic heterocycles. The number of carbonyl (C=O) groups is 1. The molecule has 3 heteroatoms. The first-order valence-corrected chi connectivity index (χ1v) is 6.97. The van der Waals surface area contributed by atoms with Gasteiger partial charge >= 0.3 is 0 Å². The van der Waals surface area contributed by atoms with Crippen LogP contribution in [0.15, 0.2) is 30.3 Å². The van der Waals surface area contributed by atoms with Crippen molar-refractivity contribution in [1.29, 1.82) is 0 Å². The molecule has 1 saturated heterocycles. The zero-order valence-electron chi connectivity index (χ0n) is 12.1. The molecule has 0 spiro atoms. The van der Waals surface area contributed by atoms with Gasteiger partial charge in [-0.1, -0.05) is 37.3 Å². The normalized spacial score (nSPS) is 24.3. The zero-order valence-corrected chi connectivity index (χ0v) is 12.1. The average Bonchev–Trinajstić information content (AvgIpc) is 2.38. The molecular weight excluding hydrogens is 236 g/mol. The molecule has 1 amide bonds. The van der Waals surface area contributed by atoms with Gasteiger partial charge in [0.2, 0.25) is 5.91 Å². The molecule has 19 heavy (non-hydrogen) atoms. The van der Waals surface area contributed by atoms with Crippen LogP contribution in [0.5, 0.6) is 0 Å². The van der Waals surface area contributed by atoms with Crippen molar-refractivity contribution in [1.82, 2.24) is 4.90 Å². The van der Waals surface area contributed by atoms with Crippen molar-refractivity contribution in [3.05, 3.63) is 35.9 Å². The maximum Gasteiger partial charge on any atom is 0.242 e. The van der Waals surface area contributed by atoms with E-state index in [9.17, 15) is 4.79 Å². The van der Waals surface area contributed by atoms with Gasteiger partial charge in [-0.2, -0.15) is 0 Å². The summed E-state index contributed by atoms with van der Waals surface area (Å²) in [6.45, 7) is 7.39. The highest BCUT2D eigenvalue weighted by molar-refractivity contribution is 5.85. The van der Waals surface area contributed by atoms with E-state index in [1.807, 2.05) is 11.0 Å². The number of carbonyl (C=O) groups excluding carboxylic acids is 1. The number of nitrogens with two attached hydrogens (primary N) is 1. The van der Waals surface area contributed by atoms with Crippen LogP contribution in [-0.4, -0.2) is 29.4 Å². The van der Waals surface area contributed by atoms with E-state index in [1.54, 1.807) is 13.8 Å². The number of likely N-dealkylation sites (tertiary alicyclic amines) is 1. The molecule has 0 saturated carbocycles. The molecule has 1 atom stereocenters. The van der Waals surface area contributed by atoms with Crippen molar-refractivity contribution in [2.45, 2.75) is 44.6 Å². The summed E-state index contributed by atoms with van der Waals surface area (Å²) in [5.41, 5.74) is 6.51. The van der Waals surface area contributed by atoms with Crippen LogP contribution < -0.4 is 5.73 Å². The molecule has 0 aliphatic carbocycles. The first-order valence-electron chi connectivity index (χ1n) is 6.97. The third-order valence-electron chi connectivity index (χ3n) is 4.01. The second-order valence-corrected chi connectivity index (χ2v) is 6.48. The van der Waals surface area contributed by atoms with Crippen molar-refractivity contribution >= 4 is 5.91 Å². The molecule has 3 nitrogen and oxygen atoms in total. The van der Waals surface area contributed by atoms with Gasteiger partial charge in [0.15, 0.2) is 0 Å². The lowest BCUT2D eigenvalue weighted by Crippen LogP contribution is -2.56. The highest BCUT2D eigenvalue weighted by atomic mass is 16.2.